The van der Waals surface area contributed by atoms with E-state index in [1.54, 1.807) is 0 Å². The fourth-order valence-electron chi connectivity index (χ4n) is 1.53. The molecule has 7 heteroatoms. The van der Waals surface area contributed by atoms with Gasteiger partial charge in [-0.25, -0.2) is 13.2 Å². The zero-order chi connectivity index (χ0) is 14.9. The van der Waals surface area contributed by atoms with Gasteiger partial charge in [0.1, 0.15) is 23.0 Å². The van der Waals surface area contributed by atoms with E-state index in [1.165, 1.54) is 6.07 Å². The number of carbonyl (C=O) groups is 1. The summed E-state index contributed by atoms with van der Waals surface area (Å²) in [6, 6.07) is 5.34. The minimum atomic E-state index is -1.01. The molecule has 2 aromatic rings. The Bertz CT molecular complexity index is 670. The van der Waals surface area contributed by atoms with Crippen molar-refractivity contribution in [2.24, 2.45) is 0 Å². The number of rotatable bonds is 2. The second kappa shape index (κ2) is 5.85. The summed E-state index contributed by atoms with van der Waals surface area (Å²) in [5.41, 5.74) is -0.600. The van der Waals surface area contributed by atoms with E-state index >= 15 is 0 Å². The minimum absolute atomic E-state index is 0.128. The van der Waals surface area contributed by atoms with Crippen LogP contribution in [0.1, 0.15) is 10.4 Å². The Morgan fingerprint density at radius 2 is 1.65 bits per heavy atom. The van der Waals surface area contributed by atoms with Gasteiger partial charge in [0.05, 0.1) is 5.02 Å². The van der Waals surface area contributed by atoms with Crippen LogP contribution in [0, 0.1) is 17.5 Å². The molecule has 2 nitrogen and oxygen atoms in total. The Morgan fingerprint density at radius 3 is 2.20 bits per heavy atom. The summed E-state index contributed by atoms with van der Waals surface area (Å²) >= 11 is 8.46. The number of hydrogen-bond acceptors (Lipinski definition) is 1. The van der Waals surface area contributed by atoms with Crippen LogP contribution in [0.2, 0.25) is 5.02 Å². The van der Waals surface area contributed by atoms with Gasteiger partial charge in [-0.05, 0) is 30.3 Å². The highest BCUT2D eigenvalue weighted by atomic mass is 79.9. The molecule has 0 atom stereocenters. The second-order valence-electron chi connectivity index (χ2n) is 3.83. The van der Waals surface area contributed by atoms with Crippen LogP contribution in [0.3, 0.4) is 0 Å². The lowest BCUT2D eigenvalue weighted by atomic mass is 10.1. The zero-order valence-electron chi connectivity index (χ0n) is 9.68. The maximum Gasteiger partial charge on any atom is 0.261 e. The molecule has 1 N–H and O–H groups in total. The van der Waals surface area contributed by atoms with E-state index in [0.29, 0.717) is 0 Å². The van der Waals surface area contributed by atoms with Gasteiger partial charge in [-0.15, -0.1) is 0 Å². The van der Waals surface area contributed by atoms with Crippen molar-refractivity contribution in [1.29, 1.82) is 0 Å². The Hall–Kier alpha value is -1.53. The maximum absolute atomic E-state index is 13.6. The molecule has 104 valence electrons. The fourth-order valence-corrected chi connectivity index (χ4v) is 2.11. The maximum atomic E-state index is 13.6. The van der Waals surface area contributed by atoms with Crippen molar-refractivity contribution in [1.82, 2.24) is 0 Å². The predicted molar refractivity (Wildman–Crippen MR) is 73.4 cm³/mol. The van der Waals surface area contributed by atoms with E-state index in [4.69, 9.17) is 11.6 Å². The summed E-state index contributed by atoms with van der Waals surface area (Å²) in [6.45, 7) is 0. The Balaban J connectivity index is 2.31. The van der Waals surface area contributed by atoms with E-state index in [2.05, 4.69) is 21.2 Å². The van der Waals surface area contributed by atoms with Gasteiger partial charge in [-0.1, -0.05) is 27.5 Å². The van der Waals surface area contributed by atoms with Crippen molar-refractivity contribution in [3.8, 4) is 0 Å². The third-order valence-electron chi connectivity index (χ3n) is 2.41. The van der Waals surface area contributed by atoms with Crippen LogP contribution in [-0.4, -0.2) is 5.91 Å². The fraction of sp³-hybridized carbons (Fsp3) is 0. The van der Waals surface area contributed by atoms with E-state index in [1.807, 2.05) is 0 Å². The SMILES string of the molecule is O=C(Nc1ccc(F)c(Cl)c1)c1c(F)cc(Br)cc1F. The quantitative estimate of drug-likeness (QED) is 0.817. The first-order valence-electron chi connectivity index (χ1n) is 5.29. The molecule has 0 bridgehead atoms. The van der Waals surface area contributed by atoms with Crippen LogP contribution in [0.5, 0.6) is 0 Å². The molecule has 1 amide bonds. The van der Waals surface area contributed by atoms with Crippen molar-refractivity contribution in [3.05, 3.63) is 62.8 Å². The minimum Gasteiger partial charge on any atom is -0.322 e. The molecule has 0 radical (unpaired) electrons. The van der Waals surface area contributed by atoms with Gasteiger partial charge < -0.3 is 5.32 Å². The Kier molecular flexibility index (Phi) is 4.35. The molecule has 0 aliphatic rings. The number of benzene rings is 2. The summed E-state index contributed by atoms with van der Waals surface area (Å²) in [5, 5.41) is 2.03. The molecular weight excluding hydrogens is 358 g/mol. The van der Waals surface area contributed by atoms with Gasteiger partial charge in [0.15, 0.2) is 0 Å². The average Bonchev–Trinajstić information content (AvgIpc) is 2.32. The van der Waals surface area contributed by atoms with Gasteiger partial charge in [0, 0.05) is 10.2 Å². The lowest BCUT2D eigenvalue weighted by Crippen LogP contribution is -2.16. The first kappa shape index (κ1) is 14.9. The van der Waals surface area contributed by atoms with Crippen molar-refractivity contribution in [2.45, 2.75) is 0 Å². The van der Waals surface area contributed by atoms with Gasteiger partial charge in [-0.2, -0.15) is 0 Å². The molecule has 2 aromatic carbocycles. The summed E-state index contributed by atoms with van der Waals surface area (Å²) in [7, 11) is 0. The summed E-state index contributed by atoms with van der Waals surface area (Å²) < 4.78 is 40.3. The molecule has 2 rings (SSSR count). The molecular formula is C13H6BrClF3NO. The van der Waals surface area contributed by atoms with Crippen LogP contribution in [0.15, 0.2) is 34.8 Å². The number of carbonyl (C=O) groups excluding carboxylic acids is 1. The molecule has 0 unspecified atom stereocenters. The van der Waals surface area contributed by atoms with E-state index < -0.39 is 28.9 Å². The van der Waals surface area contributed by atoms with Crippen LogP contribution in [0.25, 0.3) is 0 Å². The summed E-state index contributed by atoms with van der Waals surface area (Å²) in [6.07, 6.45) is 0. The molecule has 0 saturated heterocycles. The van der Waals surface area contributed by atoms with E-state index in [-0.39, 0.29) is 15.2 Å². The summed E-state index contributed by atoms with van der Waals surface area (Å²) in [5.74, 6) is -3.67. The first-order valence-corrected chi connectivity index (χ1v) is 6.46. The molecule has 0 spiro atoms. The predicted octanol–water partition coefficient (Wildman–Crippen LogP) is 4.77. The third kappa shape index (κ3) is 3.13. The van der Waals surface area contributed by atoms with Crippen molar-refractivity contribution in [3.63, 3.8) is 0 Å². The number of halogens is 5. The van der Waals surface area contributed by atoms with E-state index in [9.17, 15) is 18.0 Å². The highest BCUT2D eigenvalue weighted by Crippen LogP contribution is 2.23. The zero-order valence-corrected chi connectivity index (χ0v) is 12.0. The lowest BCUT2D eigenvalue weighted by Gasteiger charge is -2.08. The Labute approximate surface area is 125 Å². The highest BCUT2D eigenvalue weighted by Gasteiger charge is 2.18. The highest BCUT2D eigenvalue weighted by molar-refractivity contribution is 9.10. The third-order valence-corrected chi connectivity index (χ3v) is 3.16. The monoisotopic (exact) mass is 363 g/mol. The van der Waals surface area contributed by atoms with Gasteiger partial charge in [-0.3, -0.25) is 4.79 Å². The average molecular weight is 365 g/mol. The normalized spacial score (nSPS) is 10.4. The lowest BCUT2D eigenvalue weighted by molar-refractivity contribution is 0.101. The van der Waals surface area contributed by atoms with Crippen molar-refractivity contribution < 1.29 is 18.0 Å². The van der Waals surface area contributed by atoms with Crippen LogP contribution in [-0.2, 0) is 0 Å². The van der Waals surface area contributed by atoms with Crippen molar-refractivity contribution >= 4 is 39.1 Å². The van der Waals surface area contributed by atoms with Crippen LogP contribution in [0.4, 0.5) is 18.9 Å². The van der Waals surface area contributed by atoms with Gasteiger partial charge >= 0.3 is 0 Å². The largest absolute Gasteiger partial charge is 0.322 e. The number of anilines is 1. The smallest absolute Gasteiger partial charge is 0.261 e. The second-order valence-corrected chi connectivity index (χ2v) is 5.15. The first-order chi connectivity index (χ1) is 9.38. The van der Waals surface area contributed by atoms with Gasteiger partial charge in [0.25, 0.3) is 5.91 Å². The molecule has 0 aromatic heterocycles. The molecule has 0 fully saturated rings. The number of hydrogen-bond donors (Lipinski definition) is 1. The number of amides is 1. The summed E-state index contributed by atoms with van der Waals surface area (Å²) in [4.78, 5) is 11.8. The van der Waals surface area contributed by atoms with Gasteiger partial charge in [0.2, 0.25) is 0 Å². The standard InChI is InChI=1S/C13H6BrClF3NO/c14-6-3-10(17)12(11(18)4-6)13(20)19-7-1-2-9(16)8(15)5-7/h1-5H,(H,19,20). The molecule has 0 aliphatic heterocycles. The molecule has 20 heavy (non-hydrogen) atoms. The van der Waals surface area contributed by atoms with Crippen molar-refractivity contribution in [2.75, 3.05) is 5.32 Å². The van der Waals surface area contributed by atoms with Crippen LogP contribution >= 0.6 is 27.5 Å². The molecule has 0 heterocycles. The topological polar surface area (TPSA) is 29.1 Å². The van der Waals surface area contributed by atoms with E-state index in [0.717, 1.165) is 24.3 Å². The molecule has 0 saturated carbocycles. The molecule has 0 aliphatic carbocycles. The number of nitrogens with one attached hydrogen (secondary N) is 1. The Morgan fingerprint density at radius 1 is 1.05 bits per heavy atom. The van der Waals surface area contributed by atoms with Crippen LogP contribution < -0.4 is 5.32 Å².